The van der Waals surface area contributed by atoms with Crippen LogP contribution in [-0.4, -0.2) is 11.0 Å². The predicted octanol–water partition coefficient (Wildman–Crippen LogP) is 1.59. The molecule has 0 aliphatic heterocycles. The van der Waals surface area contributed by atoms with E-state index in [2.05, 4.69) is 0 Å². The summed E-state index contributed by atoms with van der Waals surface area (Å²) in [6.07, 6.45) is 2.10. The molecule has 0 saturated heterocycles. The lowest BCUT2D eigenvalue weighted by molar-refractivity contribution is -0.386. The third-order valence-corrected chi connectivity index (χ3v) is 2.30. The lowest BCUT2D eigenvalue weighted by atomic mass is 10.1. The normalized spacial score (nSPS) is 15.0. The number of hydrogen-bond acceptors (Lipinski definition) is 4. The van der Waals surface area contributed by atoms with E-state index < -0.39 is 4.92 Å². The standard InChI is InChI=1S/C10H12N2O3/c11-6-7-2-1-3-9(10(7)12(13)14)15-8-4-5-8/h1-3,8H,4-6,11H2. The number of nitro groups is 1. The van der Waals surface area contributed by atoms with E-state index in [4.69, 9.17) is 10.5 Å². The van der Waals surface area contributed by atoms with E-state index >= 15 is 0 Å². The van der Waals surface area contributed by atoms with Gasteiger partial charge in [-0.05, 0) is 18.9 Å². The van der Waals surface area contributed by atoms with Gasteiger partial charge in [0.2, 0.25) is 0 Å². The second kappa shape index (κ2) is 3.86. The molecule has 1 fully saturated rings. The second-order valence-corrected chi connectivity index (χ2v) is 3.54. The summed E-state index contributed by atoms with van der Waals surface area (Å²) in [5.74, 6) is 0.338. The Balaban J connectivity index is 2.37. The van der Waals surface area contributed by atoms with Crippen molar-refractivity contribution in [3.63, 3.8) is 0 Å². The topological polar surface area (TPSA) is 78.4 Å². The number of ether oxygens (including phenoxy) is 1. The Hall–Kier alpha value is -1.62. The zero-order chi connectivity index (χ0) is 10.8. The average Bonchev–Trinajstić information content (AvgIpc) is 3.01. The maximum atomic E-state index is 10.9. The fourth-order valence-electron chi connectivity index (χ4n) is 1.40. The molecule has 0 heterocycles. The molecule has 0 unspecified atom stereocenters. The van der Waals surface area contributed by atoms with Crippen molar-refractivity contribution in [3.05, 3.63) is 33.9 Å². The van der Waals surface area contributed by atoms with Gasteiger partial charge in [-0.1, -0.05) is 12.1 Å². The van der Waals surface area contributed by atoms with Gasteiger partial charge in [-0.2, -0.15) is 0 Å². The van der Waals surface area contributed by atoms with E-state index in [1.165, 1.54) is 0 Å². The minimum absolute atomic E-state index is 0.00639. The van der Waals surface area contributed by atoms with Crippen molar-refractivity contribution in [1.29, 1.82) is 0 Å². The molecule has 1 aliphatic rings. The van der Waals surface area contributed by atoms with Crippen LogP contribution in [0.15, 0.2) is 18.2 Å². The van der Waals surface area contributed by atoms with Gasteiger partial charge in [0.1, 0.15) is 0 Å². The van der Waals surface area contributed by atoms with Crippen molar-refractivity contribution < 1.29 is 9.66 Å². The summed E-state index contributed by atoms with van der Waals surface area (Å²) >= 11 is 0. The van der Waals surface area contributed by atoms with Crippen LogP contribution in [0.3, 0.4) is 0 Å². The van der Waals surface area contributed by atoms with Gasteiger partial charge in [0.15, 0.2) is 5.75 Å². The van der Waals surface area contributed by atoms with Crippen LogP contribution in [0.2, 0.25) is 0 Å². The first-order valence-corrected chi connectivity index (χ1v) is 4.85. The first-order chi connectivity index (χ1) is 7.22. The van der Waals surface area contributed by atoms with E-state index in [-0.39, 0.29) is 18.3 Å². The van der Waals surface area contributed by atoms with Crippen molar-refractivity contribution >= 4 is 5.69 Å². The maximum absolute atomic E-state index is 10.9. The number of para-hydroxylation sites is 1. The van der Waals surface area contributed by atoms with Crippen molar-refractivity contribution in [2.75, 3.05) is 0 Å². The smallest absolute Gasteiger partial charge is 0.315 e. The SMILES string of the molecule is NCc1cccc(OC2CC2)c1[N+](=O)[O-]. The Morgan fingerprint density at radius 1 is 1.53 bits per heavy atom. The highest BCUT2D eigenvalue weighted by Gasteiger charge is 2.28. The highest BCUT2D eigenvalue weighted by molar-refractivity contribution is 5.52. The molecule has 0 bridgehead atoms. The molecule has 2 rings (SSSR count). The van der Waals surface area contributed by atoms with Crippen molar-refractivity contribution in [1.82, 2.24) is 0 Å². The van der Waals surface area contributed by atoms with Crippen molar-refractivity contribution in [2.45, 2.75) is 25.5 Å². The number of benzene rings is 1. The number of nitrogens with two attached hydrogens (primary N) is 1. The van der Waals surface area contributed by atoms with E-state index in [9.17, 15) is 10.1 Å². The third-order valence-electron chi connectivity index (χ3n) is 2.30. The van der Waals surface area contributed by atoms with Gasteiger partial charge in [0.25, 0.3) is 0 Å². The van der Waals surface area contributed by atoms with Gasteiger partial charge in [0, 0.05) is 12.1 Å². The molecule has 5 nitrogen and oxygen atoms in total. The van der Waals surface area contributed by atoms with Gasteiger partial charge in [-0.3, -0.25) is 10.1 Å². The summed E-state index contributed by atoms with van der Waals surface area (Å²) in [4.78, 5) is 10.4. The Bertz CT molecular complexity index is 388. The van der Waals surface area contributed by atoms with Gasteiger partial charge in [-0.15, -0.1) is 0 Å². The van der Waals surface area contributed by atoms with Crippen LogP contribution in [0.5, 0.6) is 5.75 Å². The Morgan fingerprint density at radius 3 is 2.80 bits per heavy atom. The number of nitrogens with zero attached hydrogens (tertiary/aromatic N) is 1. The van der Waals surface area contributed by atoms with Crippen LogP contribution < -0.4 is 10.5 Å². The molecular formula is C10H12N2O3. The molecule has 0 amide bonds. The van der Waals surface area contributed by atoms with E-state index in [1.807, 2.05) is 0 Å². The first-order valence-electron chi connectivity index (χ1n) is 4.85. The summed E-state index contributed by atoms with van der Waals surface area (Å²) < 4.78 is 5.46. The number of rotatable bonds is 4. The summed E-state index contributed by atoms with van der Waals surface area (Å²) in [7, 11) is 0. The van der Waals surface area contributed by atoms with Crippen molar-refractivity contribution in [2.24, 2.45) is 5.73 Å². The third kappa shape index (κ3) is 2.07. The zero-order valence-corrected chi connectivity index (χ0v) is 8.18. The van der Waals surface area contributed by atoms with Gasteiger partial charge in [0.05, 0.1) is 11.0 Å². The molecule has 1 aliphatic carbocycles. The molecule has 0 atom stereocenters. The highest BCUT2D eigenvalue weighted by atomic mass is 16.6. The fourth-order valence-corrected chi connectivity index (χ4v) is 1.40. The first kappa shape index (κ1) is 9.92. The van der Waals surface area contributed by atoms with Crippen LogP contribution in [-0.2, 0) is 6.54 Å². The van der Waals surface area contributed by atoms with Gasteiger partial charge < -0.3 is 10.5 Å². The average molecular weight is 208 g/mol. The molecule has 0 spiro atoms. The summed E-state index contributed by atoms with van der Waals surface area (Å²) in [6, 6.07) is 5.00. The molecule has 5 heteroatoms. The molecular weight excluding hydrogens is 196 g/mol. The quantitative estimate of drug-likeness (QED) is 0.602. The van der Waals surface area contributed by atoms with Crippen LogP contribution in [0, 0.1) is 10.1 Å². The Labute approximate surface area is 87.0 Å². The van der Waals surface area contributed by atoms with Crippen LogP contribution in [0.1, 0.15) is 18.4 Å². The van der Waals surface area contributed by atoms with Crippen LogP contribution >= 0.6 is 0 Å². The Morgan fingerprint density at radius 2 is 2.27 bits per heavy atom. The largest absolute Gasteiger partial charge is 0.483 e. The van der Waals surface area contributed by atoms with Crippen molar-refractivity contribution in [3.8, 4) is 5.75 Å². The summed E-state index contributed by atoms with van der Waals surface area (Å²) in [6.45, 7) is 0.151. The molecule has 0 radical (unpaired) electrons. The molecule has 1 saturated carbocycles. The van der Waals surface area contributed by atoms with E-state index in [1.54, 1.807) is 18.2 Å². The minimum Gasteiger partial charge on any atom is -0.483 e. The molecule has 1 aromatic rings. The predicted molar refractivity (Wildman–Crippen MR) is 54.6 cm³/mol. The zero-order valence-electron chi connectivity index (χ0n) is 8.18. The maximum Gasteiger partial charge on any atom is 0.315 e. The van der Waals surface area contributed by atoms with E-state index in [0.29, 0.717) is 11.3 Å². The van der Waals surface area contributed by atoms with Gasteiger partial charge in [-0.25, -0.2) is 0 Å². The molecule has 80 valence electrons. The van der Waals surface area contributed by atoms with E-state index in [0.717, 1.165) is 12.8 Å². The lowest BCUT2D eigenvalue weighted by Crippen LogP contribution is -2.05. The van der Waals surface area contributed by atoms with Crippen LogP contribution in [0.25, 0.3) is 0 Å². The fraction of sp³-hybridized carbons (Fsp3) is 0.400. The lowest BCUT2D eigenvalue weighted by Gasteiger charge is -2.07. The second-order valence-electron chi connectivity index (χ2n) is 3.54. The number of nitro benzene ring substituents is 1. The monoisotopic (exact) mass is 208 g/mol. The molecule has 1 aromatic carbocycles. The highest BCUT2D eigenvalue weighted by Crippen LogP contribution is 2.35. The van der Waals surface area contributed by atoms with Gasteiger partial charge >= 0.3 is 5.69 Å². The molecule has 0 aromatic heterocycles. The number of hydrogen-bond donors (Lipinski definition) is 1. The minimum atomic E-state index is -0.431. The molecule has 2 N–H and O–H groups in total. The summed E-state index contributed by atoms with van der Waals surface area (Å²) in [5, 5.41) is 10.9. The van der Waals surface area contributed by atoms with Crippen LogP contribution in [0.4, 0.5) is 5.69 Å². The summed E-state index contributed by atoms with van der Waals surface area (Å²) in [5.41, 5.74) is 5.96. The Kier molecular flexibility index (Phi) is 2.55. The molecule has 15 heavy (non-hydrogen) atoms.